The van der Waals surface area contributed by atoms with Gasteiger partial charge in [0.2, 0.25) is 0 Å². The second kappa shape index (κ2) is 6.40. The molecule has 3 aromatic rings. The van der Waals surface area contributed by atoms with Gasteiger partial charge in [0.05, 0.1) is 0 Å². The third-order valence-corrected chi connectivity index (χ3v) is 3.43. The molecule has 23 heavy (non-hydrogen) atoms. The van der Waals surface area contributed by atoms with Gasteiger partial charge in [0.15, 0.2) is 11.6 Å². The average Bonchev–Trinajstić information content (AvgIpc) is 2.59. The molecule has 1 N–H and O–H groups in total. The molecule has 0 heterocycles. The first-order valence-electron chi connectivity index (χ1n) is 7.05. The predicted molar refractivity (Wildman–Crippen MR) is 86.2 cm³/mol. The van der Waals surface area contributed by atoms with Crippen LogP contribution in [-0.4, -0.2) is 5.91 Å². The molecule has 4 heteroatoms. The van der Waals surface area contributed by atoms with Crippen molar-refractivity contribution in [2.24, 2.45) is 0 Å². The molecule has 3 aromatic carbocycles. The molecule has 0 fully saturated rings. The van der Waals surface area contributed by atoms with Crippen LogP contribution < -0.4 is 5.32 Å². The van der Waals surface area contributed by atoms with E-state index in [-0.39, 0.29) is 5.56 Å². The zero-order valence-corrected chi connectivity index (χ0v) is 12.1. The van der Waals surface area contributed by atoms with Crippen molar-refractivity contribution >= 4 is 11.6 Å². The highest BCUT2D eigenvalue weighted by atomic mass is 19.2. The number of carbonyl (C=O) groups excluding carboxylic acids is 1. The number of carbonyl (C=O) groups is 1. The monoisotopic (exact) mass is 309 g/mol. The lowest BCUT2D eigenvalue weighted by Gasteiger charge is -2.07. The van der Waals surface area contributed by atoms with E-state index in [0.717, 1.165) is 23.3 Å². The lowest BCUT2D eigenvalue weighted by atomic mass is 10.1. The number of hydrogen-bond donors (Lipinski definition) is 1. The minimum Gasteiger partial charge on any atom is -0.322 e. The van der Waals surface area contributed by atoms with Crippen LogP contribution in [0.25, 0.3) is 11.1 Å². The Hall–Kier alpha value is -3.01. The van der Waals surface area contributed by atoms with Crippen LogP contribution in [0.3, 0.4) is 0 Å². The summed E-state index contributed by atoms with van der Waals surface area (Å²) in [6.45, 7) is 0. The highest BCUT2D eigenvalue weighted by Gasteiger charge is 2.10. The Bertz CT molecular complexity index is 830. The van der Waals surface area contributed by atoms with Gasteiger partial charge in [0, 0.05) is 11.3 Å². The van der Waals surface area contributed by atoms with E-state index >= 15 is 0 Å². The van der Waals surface area contributed by atoms with E-state index in [0.29, 0.717) is 5.69 Å². The van der Waals surface area contributed by atoms with Crippen molar-refractivity contribution in [2.75, 3.05) is 5.32 Å². The minimum absolute atomic E-state index is 0.0658. The van der Waals surface area contributed by atoms with Crippen LogP contribution in [0.15, 0.2) is 72.8 Å². The van der Waals surface area contributed by atoms with Gasteiger partial charge in [-0.1, -0.05) is 42.5 Å². The Labute approximate surface area is 132 Å². The summed E-state index contributed by atoms with van der Waals surface area (Å²) in [5.74, 6) is -2.51. The fraction of sp³-hybridized carbons (Fsp3) is 0. The van der Waals surface area contributed by atoms with Crippen LogP contribution in [0.1, 0.15) is 10.4 Å². The molecule has 1 amide bonds. The maximum atomic E-state index is 13.2. The summed E-state index contributed by atoms with van der Waals surface area (Å²) in [5.41, 5.74) is 2.75. The van der Waals surface area contributed by atoms with Gasteiger partial charge >= 0.3 is 0 Å². The van der Waals surface area contributed by atoms with E-state index in [1.807, 2.05) is 42.5 Å². The number of amides is 1. The molecule has 0 unspecified atom stereocenters. The van der Waals surface area contributed by atoms with E-state index in [1.54, 1.807) is 12.1 Å². The molecule has 0 aliphatic carbocycles. The van der Waals surface area contributed by atoms with Gasteiger partial charge in [-0.25, -0.2) is 8.78 Å². The highest BCUT2D eigenvalue weighted by molar-refractivity contribution is 6.04. The normalized spacial score (nSPS) is 10.3. The van der Waals surface area contributed by atoms with Gasteiger partial charge in [-0.15, -0.1) is 0 Å². The van der Waals surface area contributed by atoms with Crippen LogP contribution in [0.5, 0.6) is 0 Å². The molecule has 2 nitrogen and oxygen atoms in total. The maximum absolute atomic E-state index is 13.2. The standard InChI is InChI=1S/C19H13F2NO/c20-17-11-8-15(12-18(17)21)19(23)22-16-9-6-14(7-10-16)13-4-2-1-3-5-13/h1-12H,(H,22,23). The first-order chi connectivity index (χ1) is 11.1. The topological polar surface area (TPSA) is 29.1 Å². The van der Waals surface area contributed by atoms with E-state index < -0.39 is 17.5 Å². The van der Waals surface area contributed by atoms with E-state index in [4.69, 9.17) is 0 Å². The van der Waals surface area contributed by atoms with Gasteiger partial charge < -0.3 is 5.32 Å². The summed E-state index contributed by atoms with van der Waals surface area (Å²) in [5, 5.41) is 2.66. The van der Waals surface area contributed by atoms with Crippen molar-refractivity contribution in [1.82, 2.24) is 0 Å². The second-order valence-electron chi connectivity index (χ2n) is 5.03. The van der Waals surface area contributed by atoms with Crippen LogP contribution >= 0.6 is 0 Å². The molecule has 0 radical (unpaired) electrons. The molecule has 0 atom stereocenters. The molecule has 0 saturated heterocycles. The highest BCUT2D eigenvalue weighted by Crippen LogP contribution is 2.21. The van der Waals surface area contributed by atoms with Crippen molar-refractivity contribution in [3.63, 3.8) is 0 Å². The Kier molecular flexibility index (Phi) is 4.15. The third kappa shape index (κ3) is 3.43. The zero-order chi connectivity index (χ0) is 16.2. The molecule has 0 saturated carbocycles. The van der Waals surface area contributed by atoms with Gasteiger partial charge in [0.25, 0.3) is 5.91 Å². The molecule has 0 aliphatic rings. The summed E-state index contributed by atoms with van der Waals surface area (Å²) < 4.78 is 26.1. The quantitative estimate of drug-likeness (QED) is 0.733. The van der Waals surface area contributed by atoms with Crippen molar-refractivity contribution in [2.45, 2.75) is 0 Å². The van der Waals surface area contributed by atoms with E-state index in [9.17, 15) is 13.6 Å². The zero-order valence-electron chi connectivity index (χ0n) is 12.1. The Morgan fingerprint density at radius 2 is 1.39 bits per heavy atom. The first-order valence-corrected chi connectivity index (χ1v) is 7.05. The van der Waals surface area contributed by atoms with Gasteiger partial charge in [-0.3, -0.25) is 4.79 Å². The average molecular weight is 309 g/mol. The van der Waals surface area contributed by atoms with Gasteiger partial charge in [0.1, 0.15) is 0 Å². The van der Waals surface area contributed by atoms with Gasteiger partial charge in [-0.2, -0.15) is 0 Å². The molecule has 3 rings (SSSR count). The minimum atomic E-state index is -1.04. The number of hydrogen-bond acceptors (Lipinski definition) is 1. The lowest BCUT2D eigenvalue weighted by molar-refractivity contribution is 0.102. The summed E-state index contributed by atoms with van der Waals surface area (Å²) in [4.78, 5) is 12.0. The SMILES string of the molecule is O=C(Nc1ccc(-c2ccccc2)cc1)c1ccc(F)c(F)c1. The second-order valence-corrected chi connectivity index (χ2v) is 5.03. The molecule has 0 bridgehead atoms. The fourth-order valence-corrected chi connectivity index (χ4v) is 2.22. The Morgan fingerprint density at radius 3 is 2.04 bits per heavy atom. The fourth-order valence-electron chi connectivity index (χ4n) is 2.22. The molecule has 0 aliphatic heterocycles. The first kappa shape index (κ1) is 14.9. The van der Waals surface area contributed by atoms with Crippen molar-refractivity contribution in [1.29, 1.82) is 0 Å². The third-order valence-electron chi connectivity index (χ3n) is 3.43. The van der Waals surface area contributed by atoms with Crippen molar-refractivity contribution in [3.05, 3.63) is 90.0 Å². The number of halogens is 2. The predicted octanol–water partition coefficient (Wildman–Crippen LogP) is 4.88. The molecule has 114 valence electrons. The molecular weight excluding hydrogens is 296 g/mol. The Morgan fingerprint density at radius 1 is 0.739 bits per heavy atom. The van der Waals surface area contributed by atoms with Crippen LogP contribution in [0.4, 0.5) is 14.5 Å². The van der Waals surface area contributed by atoms with Crippen molar-refractivity contribution < 1.29 is 13.6 Å². The smallest absolute Gasteiger partial charge is 0.255 e. The van der Waals surface area contributed by atoms with Crippen LogP contribution in [0, 0.1) is 11.6 Å². The van der Waals surface area contributed by atoms with E-state index in [1.165, 1.54) is 6.07 Å². The largest absolute Gasteiger partial charge is 0.322 e. The van der Waals surface area contributed by atoms with E-state index in [2.05, 4.69) is 5.32 Å². The number of nitrogens with one attached hydrogen (secondary N) is 1. The van der Waals surface area contributed by atoms with Crippen molar-refractivity contribution in [3.8, 4) is 11.1 Å². The summed E-state index contributed by atoms with van der Waals surface area (Å²) in [6.07, 6.45) is 0. The number of benzene rings is 3. The summed E-state index contributed by atoms with van der Waals surface area (Å²) in [7, 11) is 0. The Balaban J connectivity index is 1.75. The van der Waals surface area contributed by atoms with Crippen LogP contribution in [-0.2, 0) is 0 Å². The maximum Gasteiger partial charge on any atom is 0.255 e. The number of anilines is 1. The van der Waals surface area contributed by atoms with Gasteiger partial charge in [-0.05, 0) is 41.5 Å². The molecule has 0 aromatic heterocycles. The molecule has 0 spiro atoms. The molecular formula is C19H13F2NO. The summed E-state index contributed by atoms with van der Waals surface area (Å²) in [6, 6.07) is 20.2. The van der Waals surface area contributed by atoms with Crippen LogP contribution in [0.2, 0.25) is 0 Å². The number of rotatable bonds is 3. The lowest BCUT2D eigenvalue weighted by Crippen LogP contribution is -2.12. The summed E-state index contributed by atoms with van der Waals surface area (Å²) >= 11 is 0.